The molecule has 9 rings (SSSR count). The molecule has 0 N–H and O–H groups in total. The Morgan fingerprint density at radius 2 is 0.719 bits per heavy atom. The minimum absolute atomic E-state index is 0.214. The second kappa shape index (κ2) is 22.7. The summed E-state index contributed by atoms with van der Waals surface area (Å²) in [7, 11) is 0. The van der Waals surface area contributed by atoms with E-state index < -0.39 is 42.9 Å². The van der Waals surface area contributed by atoms with E-state index in [0.29, 0.717) is 52.7 Å². The van der Waals surface area contributed by atoms with Crippen molar-refractivity contribution in [1.82, 2.24) is 0 Å². The summed E-state index contributed by atoms with van der Waals surface area (Å²) in [5.74, 6) is -0.214. The highest BCUT2D eigenvalue weighted by molar-refractivity contribution is 5.18. The van der Waals surface area contributed by atoms with Crippen molar-refractivity contribution >= 4 is 0 Å². The maximum atomic E-state index is 7.38. The molecule has 6 aromatic rings. The minimum Gasteiger partial charge on any atom is -0.374 e. The van der Waals surface area contributed by atoms with Crippen molar-refractivity contribution < 1.29 is 42.6 Å². The van der Waals surface area contributed by atoms with Gasteiger partial charge in [-0.2, -0.15) is 0 Å². The van der Waals surface area contributed by atoms with Gasteiger partial charge in [0.2, 0.25) is 0 Å². The van der Waals surface area contributed by atoms with Crippen LogP contribution in [-0.4, -0.2) is 68.3 Å². The molecule has 3 aliphatic rings. The van der Waals surface area contributed by atoms with E-state index in [-0.39, 0.29) is 24.7 Å². The fourth-order valence-electron chi connectivity index (χ4n) is 9.03. The van der Waals surface area contributed by atoms with Crippen LogP contribution in [0.15, 0.2) is 182 Å². The van der Waals surface area contributed by atoms with Gasteiger partial charge in [-0.3, -0.25) is 0 Å². The molecule has 3 heterocycles. The number of ether oxygens (including phenoxy) is 9. The second-order valence-electron chi connectivity index (χ2n) is 16.8. The molecular weight excluding hydrogens is 805 g/mol. The molecule has 3 fully saturated rings. The Morgan fingerprint density at radius 3 is 1.16 bits per heavy atom. The Morgan fingerprint density at radius 1 is 0.359 bits per heavy atom. The quantitative estimate of drug-likeness (QED) is 0.0703. The van der Waals surface area contributed by atoms with Gasteiger partial charge in [-0.25, -0.2) is 0 Å². The van der Waals surface area contributed by atoms with Crippen LogP contribution in [0.3, 0.4) is 0 Å². The van der Waals surface area contributed by atoms with Gasteiger partial charge in [-0.1, -0.05) is 182 Å². The molecule has 0 amide bonds. The predicted octanol–water partition coefficient (Wildman–Crippen LogP) is 9.66. The average Bonchev–Trinajstić information content (AvgIpc) is 3.79. The van der Waals surface area contributed by atoms with Crippen LogP contribution >= 0.6 is 0 Å². The number of hydrogen-bond donors (Lipinski definition) is 0. The number of fused-ring (bicyclic) bond motifs is 2. The van der Waals surface area contributed by atoms with E-state index in [2.05, 4.69) is 72.8 Å². The van der Waals surface area contributed by atoms with E-state index in [0.717, 1.165) is 33.4 Å². The van der Waals surface area contributed by atoms with Gasteiger partial charge in [0.15, 0.2) is 6.29 Å². The van der Waals surface area contributed by atoms with Crippen LogP contribution in [0, 0.1) is 5.92 Å². The summed E-state index contributed by atoms with van der Waals surface area (Å²) in [4.78, 5) is 0. The SMILES string of the molecule is c1ccc(COC[C@H]2O[C@H](C[C@@H]3[C@H](OCc4ccccc4)[C@@H]4OC[C@@H](O4)[C@H]3OCc3ccccc3)[C@@H](OCc3ccccc3)[C@@H](OCc3ccccc3)[C@@H]2OCc2ccccc2)cc1. The minimum atomic E-state index is -0.570. The van der Waals surface area contributed by atoms with E-state index in [1.165, 1.54) is 0 Å². The summed E-state index contributed by atoms with van der Waals surface area (Å²) >= 11 is 0. The summed E-state index contributed by atoms with van der Waals surface area (Å²) < 4.78 is 61.8. The number of rotatable bonds is 21. The zero-order chi connectivity index (χ0) is 43.2. The molecule has 0 aromatic heterocycles. The van der Waals surface area contributed by atoms with Crippen LogP contribution in [-0.2, 0) is 82.3 Å². The van der Waals surface area contributed by atoms with Crippen LogP contribution in [0.2, 0.25) is 0 Å². The fourth-order valence-corrected chi connectivity index (χ4v) is 9.03. The first kappa shape index (κ1) is 44.2. The summed E-state index contributed by atoms with van der Waals surface area (Å²) in [6.07, 6.45) is -3.90. The Hall–Kier alpha value is -5.04. The molecule has 3 aliphatic heterocycles. The molecule has 64 heavy (non-hydrogen) atoms. The summed E-state index contributed by atoms with van der Waals surface area (Å²) in [5, 5.41) is 0. The van der Waals surface area contributed by atoms with Crippen LogP contribution in [0.1, 0.15) is 39.8 Å². The summed E-state index contributed by atoms with van der Waals surface area (Å²) in [6.45, 7) is 2.95. The number of hydrogen-bond acceptors (Lipinski definition) is 9. The molecule has 2 bridgehead atoms. The van der Waals surface area contributed by atoms with E-state index in [4.69, 9.17) is 42.6 Å². The van der Waals surface area contributed by atoms with Gasteiger partial charge >= 0.3 is 0 Å². The molecule has 6 aromatic carbocycles. The molecule has 0 aliphatic carbocycles. The van der Waals surface area contributed by atoms with Gasteiger partial charge in [0.25, 0.3) is 0 Å². The van der Waals surface area contributed by atoms with E-state index in [1.807, 2.05) is 109 Å². The summed E-state index contributed by atoms with van der Waals surface area (Å²) in [6, 6.07) is 61.3. The third-order valence-corrected chi connectivity index (χ3v) is 12.3. The van der Waals surface area contributed by atoms with Crippen molar-refractivity contribution in [2.75, 3.05) is 13.2 Å². The van der Waals surface area contributed by atoms with Crippen molar-refractivity contribution in [1.29, 1.82) is 0 Å². The molecule has 0 unspecified atom stereocenters. The normalized spacial score (nSPS) is 26.4. The van der Waals surface area contributed by atoms with Crippen LogP contribution in [0.4, 0.5) is 0 Å². The smallest absolute Gasteiger partial charge is 0.184 e. The van der Waals surface area contributed by atoms with E-state index >= 15 is 0 Å². The van der Waals surface area contributed by atoms with Gasteiger partial charge in [0, 0.05) is 5.92 Å². The van der Waals surface area contributed by atoms with Gasteiger partial charge in [0.1, 0.15) is 36.6 Å². The highest BCUT2D eigenvalue weighted by atomic mass is 16.8. The van der Waals surface area contributed by atoms with Crippen LogP contribution < -0.4 is 0 Å². The van der Waals surface area contributed by atoms with Crippen molar-refractivity contribution in [2.24, 2.45) is 5.92 Å². The molecular formula is C55H58O9. The predicted molar refractivity (Wildman–Crippen MR) is 243 cm³/mol. The van der Waals surface area contributed by atoms with Gasteiger partial charge < -0.3 is 42.6 Å². The van der Waals surface area contributed by atoms with E-state index in [1.54, 1.807) is 0 Å². The molecule has 10 atom stereocenters. The molecule has 9 nitrogen and oxygen atoms in total. The topological polar surface area (TPSA) is 83.1 Å². The lowest BCUT2D eigenvalue weighted by atomic mass is 9.81. The Bertz CT molecular complexity index is 2160. The first-order valence-corrected chi connectivity index (χ1v) is 22.6. The highest BCUT2D eigenvalue weighted by Crippen LogP contribution is 2.42. The lowest BCUT2D eigenvalue weighted by Crippen LogP contribution is -2.63. The maximum absolute atomic E-state index is 7.38. The lowest BCUT2D eigenvalue weighted by molar-refractivity contribution is -0.287. The Labute approximate surface area is 377 Å². The Balaban J connectivity index is 1.08. The monoisotopic (exact) mass is 862 g/mol. The second-order valence-corrected chi connectivity index (χ2v) is 16.8. The highest BCUT2D eigenvalue weighted by Gasteiger charge is 2.55. The molecule has 0 spiro atoms. The molecule has 0 radical (unpaired) electrons. The van der Waals surface area contributed by atoms with Crippen molar-refractivity contribution in [3.63, 3.8) is 0 Å². The zero-order valence-electron chi connectivity index (χ0n) is 36.1. The Kier molecular flexibility index (Phi) is 15.7. The van der Waals surface area contributed by atoms with Gasteiger partial charge in [-0.15, -0.1) is 0 Å². The lowest BCUT2D eigenvalue weighted by Gasteiger charge is -2.49. The van der Waals surface area contributed by atoms with Crippen molar-refractivity contribution in [3.05, 3.63) is 215 Å². The average molecular weight is 863 g/mol. The standard InChI is InChI=1S/C55H58O9/c1-7-19-40(20-8-1)32-56-38-48-53(60-36-44-27-15-5-16-28-44)54(61-37-45-29-17-6-18-30-45)52(59-35-43-25-13-4-14-26-43)47(63-48)31-46-50(57-33-41-21-9-2-10-22-41)49-39-62-55(64-49)51(46)58-34-42-23-11-3-12-24-42/h1-30,46-55H,31-39H2/t46-,47+,48+,49+,50-,51-,52+,53+,54+,55+/m0/s1. The van der Waals surface area contributed by atoms with Crippen molar-refractivity contribution in [2.45, 2.75) is 101 Å². The molecule has 0 saturated carbocycles. The van der Waals surface area contributed by atoms with Crippen LogP contribution in [0.25, 0.3) is 0 Å². The third-order valence-electron chi connectivity index (χ3n) is 12.3. The first-order valence-electron chi connectivity index (χ1n) is 22.6. The van der Waals surface area contributed by atoms with Crippen molar-refractivity contribution in [3.8, 4) is 0 Å². The first-order chi connectivity index (χ1) is 31.7. The zero-order valence-corrected chi connectivity index (χ0v) is 36.1. The summed E-state index contributed by atoms with van der Waals surface area (Å²) in [5.41, 5.74) is 6.35. The fraction of sp³-hybridized carbons (Fsp3) is 0.345. The van der Waals surface area contributed by atoms with E-state index in [9.17, 15) is 0 Å². The third kappa shape index (κ3) is 11.8. The largest absolute Gasteiger partial charge is 0.374 e. The van der Waals surface area contributed by atoms with Crippen LogP contribution in [0.5, 0.6) is 0 Å². The molecule has 3 saturated heterocycles. The maximum Gasteiger partial charge on any atom is 0.184 e. The molecule has 9 heteroatoms. The van der Waals surface area contributed by atoms with Gasteiger partial charge in [0.05, 0.1) is 65.1 Å². The number of benzene rings is 6. The van der Waals surface area contributed by atoms with Gasteiger partial charge in [-0.05, 0) is 39.8 Å². The molecule has 332 valence electrons.